The predicted molar refractivity (Wildman–Crippen MR) is 46.1 cm³/mol. The molecule has 1 unspecified atom stereocenters. The summed E-state index contributed by atoms with van der Waals surface area (Å²) in [6.07, 6.45) is 1.50. The largest absolute Gasteiger partial charge is 0.403 e. The van der Waals surface area contributed by atoms with Crippen LogP contribution in [-0.4, -0.2) is 26.1 Å². The number of rotatable bonds is 4. The van der Waals surface area contributed by atoms with Crippen LogP contribution in [-0.2, 0) is 0 Å². The summed E-state index contributed by atoms with van der Waals surface area (Å²) in [6, 6.07) is 0. The van der Waals surface area contributed by atoms with E-state index in [1.807, 2.05) is 6.92 Å². The van der Waals surface area contributed by atoms with Crippen LogP contribution in [0.2, 0.25) is 0 Å². The highest BCUT2D eigenvalue weighted by atomic mass is 32.1. The first-order valence-corrected chi connectivity index (χ1v) is 5.55. The van der Waals surface area contributed by atoms with Gasteiger partial charge < -0.3 is 0 Å². The maximum atomic E-state index is 8.55. The quantitative estimate of drug-likeness (QED) is 0.387. The van der Waals surface area contributed by atoms with Crippen molar-refractivity contribution in [3.63, 3.8) is 0 Å². The third-order valence-electron chi connectivity index (χ3n) is 1.23. The topological polar surface area (TPSA) is 60.7 Å². The predicted octanol–water partition coefficient (Wildman–Crippen LogP) is 0.824. The molecule has 0 saturated heterocycles. The number of thiol groups is 1. The molecule has 62 valence electrons. The summed E-state index contributed by atoms with van der Waals surface area (Å²) in [7, 11) is -3.53. The second-order valence-corrected chi connectivity index (χ2v) is 4.83. The lowest BCUT2D eigenvalue weighted by Gasteiger charge is -2.07. The van der Waals surface area contributed by atoms with Crippen molar-refractivity contribution in [3.05, 3.63) is 0 Å². The van der Waals surface area contributed by atoms with Gasteiger partial charge in [-0.05, 0) is 6.42 Å². The van der Waals surface area contributed by atoms with Gasteiger partial charge in [0.25, 0.3) is 0 Å². The molecule has 0 spiro atoms. The van der Waals surface area contributed by atoms with Crippen molar-refractivity contribution in [1.82, 2.24) is 0 Å². The molecule has 0 aliphatic rings. The molecule has 3 N–H and O–H groups in total. The molecule has 10 heavy (non-hydrogen) atoms. The molecule has 3 nitrogen and oxygen atoms in total. The van der Waals surface area contributed by atoms with Crippen LogP contribution in [0, 0.1) is 0 Å². The Labute approximate surface area is 67.1 Å². The zero-order chi connectivity index (χ0) is 8.20. The van der Waals surface area contributed by atoms with Gasteiger partial charge in [0, 0.05) is 11.7 Å². The van der Waals surface area contributed by atoms with Gasteiger partial charge in [0.2, 0.25) is 0 Å². The summed E-state index contributed by atoms with van der Waals surface area (Å²) in [6.45, 7) is 1.96. The Hall–Kier alpha value is 0.660. The zero-order valence-corrected chi connectivity index (χ0v) is 7.72. The molecule has 0 aromatic carbocycles. The third-order valence-corrected chi connectivity index (χ3v) is 2.72. The van der Waals surface area contributed by atoms with E-state index in [9.17, 15) is 0 Å². The van der Waals surface area contributed by atoms with E-state index in [4.69, 9.17) is 14.7 Å². The summed E-state index contributed by atoms with van der Waals surface area (Å²) < 4.78 is 0. The van der Waals surface area contributed by atoms with Crippen molar-refractivity contribution in [2.24, 2.45) is 0 Å². The van der Waals surface area contributed by atoms with Crippen LogP contribution in [0.4, 0.5) is 0 Å². The molecule has 0 radical (unpaired) electrons. The minimum absolute atomic E-state index is 0.0645. The Bertz CT molecular complexity index is 93.4. The lowest BCUT2D eigenvalue weighted by molar-refractivity contribution is 0.329. The van der Waals surface area contributed by atoms with Gasteiger partial charge in [-0.2, -0.15) is 27.3 Å². The lowest BCUT2D eigenvalue weighted by Crippen LogP contribution is -2.03. The van der Waals surface area contributed by atoms with E-state index in [1.165, 1.54) is 0 Å². The van der Waals surface area contributed by atoms with Crippen LogP contribution in [0.3, 0.4) is 0 Å². The SMILES string of the molecule is CCC(S)CC[P+](O)(O)O. The fraction of sp³-hybridized carbons (Fsp3) is 1.00. The Morgan fingerprint density at radius 2 is 1.90 bits per heavy atom. The van der Waals surface area contributed by atoms with Gasteiger partial charge in [-0.25, -0.2) is 0 Å². The summed E-state index contributed by atoms with van der Waals surface area (Å²) >= 11 is 4.13. The van der Waals surface area contributed by atoms with E-state index in [0.717, 1.165) is 6.42 Å². The van der Waals surface area contributed by atoms with Gasteiger partial charge >= 0.3 is 7.94 Å². The van der Waals surface area contributed by atoms with Crippen molar-refractivity contribution in [1.29, 1.82) is 0 Å². The molecule has 5 heteroatoms. The van der Waals surface area contributed by atoms with Crippen LogP contribution in [0.1, 0.15) is 19.8 Å². The number of hydrogen-bond donors (Lipinski definition) is 4. The molecular weight excluding hydrogens is 171 g/mol. The summed E-state index contributed by atoms with van der Waals surface area (Å²) in [5, 5.41) is 0.158. The molecule has 0 aromatic rings. The fourth-order valence-corrected chi connectivity index (χ4v) is 1.52. The Kier molecular flexibility index (Phi) is 4.82. The molecule has 0 aliphatic carbocycles. The van der Waals surface area contributed by atoms with Gasteiger partial charge in [0.15, 0.2) is 0 Å². The summed E-state index contributed by atoms with van der Waals surface area (Å²) in [5.74, 6) is 0. The van der Waals surface area contributed by atoms with Gasteiger partial charge in [-0.1, -0.05) is 6.92 Å². The summed E-state index contributed by atoms with van der Waals surface area (Å²) in [4.78, 5) is 25.7. The standard InChI is InChI=1S/C5H13O3PS/c1-2-5(10)3-4-9(6,7)8/h5-8H,2-4H2,1H3/p+1. The van der Waals surface area contributed by atoms with Gasteiger partial charge in [0.1, 0.15) is 6.16 Å². The molecule has 0 amide bonds. The molecule has 0 aromatic heterocycles. The first-order valence-electron chi connectivity index (χ1n) is 3.20. The smallest absolute Gasteiger partial charge is 0.193 e. The zero-order valence-electron chi connectivity index (χ0n) is 5.93. The van der Waals surface area contributed by atoms with Crippen molar-refractivity contribution < 1.29 is 14.7 Å². The minimum atomic E-state index is -3.53. The molecule has 0 saturated carbocycles. The van der Waals surface area contributed by atoms with Crippen LogP contribution < -0.4 is 0 Å². The maximum absolute atomic E-state index is 8.55. The van der Waals surface area contributed by atoms with Gasteiger partial charge in [0.05, 0.1) is 0 Å². The summed E-state index contributed by atoms with van der Waals surface area (Å²) in [5.41, 5.74) is 0. The van der Waals surface area contributed by atoms with E-state index in [0.29, 0.717) is 6.42 Å². The highest BCUT2D eigenvalue weighted by Crippen LogP contribution is 2.45. The molecule has 0 bridgehead atoms. The van der Waals surface area contributed by atoms with Crippen LogP contribution in [0.15, 0.2) is 0 Å². The first kappa shape index (κ1) is 10.7. The molecule has 0 aliphatic heterocycles. The van der Waals surface area contributed by atoms with Crippen LogP contribution in [0.25, 0.3) is 0 Å². The van der Waals surface area contributed by atoms with Gasteiger partial charge in [-0.3, -0.25) is 0 Å². The average Bonchev–Trinajstić information content (AvgIpc) is 1.81. The second kappa shape index (κ2) is 4.52. The molecule has 1 atom stereocenters. The second-order valence-electron chi connectivity index (χ2n) is 2.27. The first-order chi connectivity index (χ1) is 4.45. The molecule has 0 heterocycles. The highest BCUT2D eigenvalue weighted by Gasteiger charge is 2.29. The molecule has 0 rings (SSSR count). The fourth-order valence-electron chi connectivity index (χ4n) is 0.526. The molecular formula is C5H14O3PS+. The minimum Gasteiger partial charge on any atom is -0.193 e. The Morgan fingerprint density at radius 1 is 1.40 bits per heavy atom. The lowest BCUT2D eigenvalue weighted by atomic mass is 10.3. The van der Waals surface area contributed by atoms with Crippen molar-refractivity contribution in [2.75, 3.05) is 6.16 Å². The normalized spacial score (nSPS) is 15.3. The van der Waals surface area contributed by atoms with E-state index in [2.05, 4.69) is 12.6 Å². The van der Waals surface area contributed by atoms with Gasteiger partial charge in [-0.15, -0.1) is 0 Å². The van der Waals surface area contributed by atoms with Crippen LogP contribution >= 0.6 is 20.6 Å². The number of hydrogen-bond acceptors (Lipinski definition) is 4. The van der Waals surface area contributed by atoms with Crippen molar-refractivity contribution in [2.45, 2.75) is 25.0 Å². The maximum Gasteiger partial charge on any atom is 0.403 e. The monoisotopic (exact) mass is 185 g/mol. The molecule has 0 fully saturated rings. The van der Waals surface area contributed by atoms with E-state index in [1.54, 1.807) is 0 Å². The third kappa shape index (κ3) is 6.78. The average molecular weight is 185 g/mol. The Morgan fingerprint density at radius 3 is 2.20 bits per heavy atom. The van der Waals surface area contributed by atoms with E-state index < -0.39 is 7.94 Å². The van der Waals surface area contributed by atoms with Crippen LogP contribution in [0.5, 0.6) is 0 Å². The van der Waals surface area contributed by atoms with E-state index >= 15 is 0 Å². The van der Waals surface area contributed by atoms with E-state index in [-0.39, 0.29) is 11.4 Å². The Balaban J connectivity index is 3.36. The van der Waals surface area contributed by atoms with Crippen molar-refractivity contribution in [3.8, 4) is 0 Å². The highest BCUT2D eigenvalue weighted by molar-refractivity contribution is 7.81. The van der Waals surface area contributed by atoms with Crippen molar-refractivity contribution >= 4 is 20.6 Å².